The molecule has 5 heteroatoms. The molecule has 0 aliphatic heterocycles. The molecule has 0 aromatic heterocycles. The van der Waals surface area contributed by atoms with Gasteiger partial charge in [-0.05, 0) is 25.7 Å². The molecule has 15 heavy (non-hydrogen) atoms. The van der Waals surface area contributed by atoms with Crippen molar-refractivity contribution in [1.29, 1.82) is 0 Å². The Hall–Kier alpha value is -0.130. The minimum Gasteiger partial charge on any atom is -0.381 e. The molecule has 0 aliphatic carbocycles. The van der Waals surface area contributed by atoms with Crippen LogP contribution in [-0.4, -0.2) is 39.7 Å². The molecule has 0 spiro atoms. The lowest BCUT2D eigenvalue weighted by Gasteiger charge is -2.10. The zero-order chi connectivity index (χ0) is 11.7. The van der Waals surface area contributed by atoms with Crippen molar-refractivity contribution in [2.45, 2.75) is 38.6 Å². The minimum atomic E-state index is -2.84. The van der Waals surface area contributed by atoms with Gasteiger partial charge in [0.2, 0.25) is 0 Å². The van der Waals surface area contributed by atoms with Gasteiger partial charge in [0, 0.05) is 31.3 Å². The molecule has 0 radical (unpaired) electrons. The zero-order valence-electron chi connectivity index (χ0n) is 9.74. The van der Waals surface area contributed by atoms with E-state index in [1.165, 1.54) is 6.26 Å². The lowest BCUT2D eigenvalue weighted by Crippen LogP contribution is -2.23. The van der Waals surface area contributed by atoms with Crippen molar-refractivity contribution in [2.75, 3.05) is 25.2 Å². The van der Waals surface area contributed by atoms with Crippen LogP contribution < -0.4 is 5.73 Å². The lowest BCUT2D eigenvalue weighted by atomic mass is 10.1. The summed E-state index contributed by atoms with van der Waals surface area (Å²) in [5.74, 6) is 0.233. The fraction of sp³-hybridized carbons (Fsp3) is 1.00. The van der Waals surface area contributed by atoms with Crippen molar-refractivity contribution < 1.29 is 13.2 Å². The van der Waals surface area contributed by atoms with Crippen LogP contribution in [0.5, 0.6) is 0 Å². The van der Waals surface area contributed by atoms with Gasteiger partial charge in [-0.2, -0.15) is 0 Å². The van der Waals surface area contributed by atoms with Gasteiger partial charge in [0.25, 0.3) is 0 Å². The second-order valence-corrected chi connectivity index (χ2v) is 6.19. The average Bonchev–Trinajstić information content (AvgIpc) is 2.10. The van der Waals surface area contributed by atoms with Crippen molar-refractivity contribution in [3.05, 3.63) is 0 Å². The van der Waals surface area contributed by atoms with E-state index in [0.29, 0.717) is 13.0 Å². The highest BCUT2D eigenvalue weighted by Crippen LogP contribution is 2.01. The molecule has 0 heterocycles. The summed E-state index contributed by atoms with van der Waals surface area (Å²) >= 11 is 0. The van der Waals surface area contributed by atoms with Crippen LogP contribution in [0.15, 0.2) is 0 Å². The number of hydrogen-bond acceptors (Lipinski definition) is 4. The Kier molecular flexibility index (Phi) is 8.00. The van der Waals surface area contributed by atoms with Crippen molar-refractivity contribution in [1.82, 2.24) is 0 Å². The second kappa shape index (κ2) is 8.07. The smallest absolute Gasteiger partial charge is 0.147 e. The quantitative estimate of drug-likeness (QED) is 0.606. The van der Waals surface area contributed by atoms with Gasteiger partial charge in [-0.3, -0.25) is 0 Å². The van der Waals surface area contributed by atoms with E-state index in [9.17, 15) is 8.42 Å². The standard InChI is InChI=1S/C10H23NO3S/c1-3-7-14-8-6-10(11)5-4-9-15(2,12)13/h10H,3-9,11H2,1-2H3. The highest BCUT2D eigenvalue weighted by atomic mass is 32.2. The third kappa shape index (κ3) is 11.8. The lowest BCUT2D eigenvalue weighted by molar-refractivity contribution is 0.127. The minimum absolute atomic E-state index is 0.0589. The van der Waals surface area contributed by atoms with Crippen LogP contribution in [-0.2, 0) is 14.6 Å². The molecule has 0 bridgehead atoms. The molecule has 0 saturated carbocycles. The summed E-state index contributed by atoms with van der Waals surface area (Å²) in [5, 5.41) is 0. The summed E-state index contributed by atoms with van der Waals surface area (Å²) in [6.45, 7) is 3.51. The predicted octanol–water partition coefficient (Wildman–Crippen LogP) is 0.955. The van der Waals surface area contributed by atoms with Crippen LogP contribution in [0.3, 0.4) is 0 Å². The van der Waals surface area contributed by atoms with E-state index in [-0.39, 0.29) is 11.8 Å². The van der Waals surface area contributed by atoms with Crippen LogP contribution in [0.4, 0.5) is 0 Å². The van der Waals surface area contributed by atoms with Gasteiger partial charge < -0.3 is 10.5 Å². The Labute approximate surface area is 93.1 Å². The number of nitrogens with two attached hydrogens (primary N) is 1. The molecule has 0 saturated heterocycles. The Morgan fingerprint density at radius 3 is 2.47 bits per heavy atom. The maximum Gasteiger partial charge on any atom is 0.147 e. The van der Waals surface area contributed by atoms with Gasteiger partial charge in [-0.15, -0.1) is 0 Å². The van der Waals surface area contributed by atoms with E-state index >= 15 is 0 Å². The second-order valence-electron chi connectivity index (χ2n) is 3.93. The fourth-order valence-electron chi connectivity index (χ4n) is 1.23. The van der Waals surface area contributed by atoms with Crippen LogP contribution >= 0.6 is 0 Å². The summed E-state index contributed by atoms with van der Waals surface area (Å²) in [6, 6.07) is 0.0589. The summed E-state index contributed by atoms with van der Waals surface area (Å²) in [7, 11) is -2.84. The topological polar surface area (TPSA) is 69.4 Å². The van der Waals surface area contributed by atoms with Crippen LogP contribution in [0.1, 0.15) is 32.6 Å². The van der Waals surface area contributed by atoms with E-state index in [1.807, 2.05) is 0 Å². The monoisotopic (exact) mass is 237 g/mol. The van der Waals surface area contributed by atoms with Gasteiger partial charge in [0.05, 0.1) is 0 Å². The first-order valence-corrected chi connectivity index (χ1v) is 7.53. The summed E-state index contributed by atoms with van der Waals surface area (Å²) in [6.07, 6.45) is 4.48. The normalized spacial score (nSPS) is 14.1. The summed E-state index contributed by atoms with van der Waals surface area (Å²) in [4.78, 5) is 0. The van der Waals surface area contributed by atoms with E-state index < -0.39 is 9.84 Å². The van der Waals surface area contributed by atoms with Crippen molar-refractivity contribution in [3.8, 4) is 0 Å². The molecule has 1 atom stereocenters. The first-order chi connectivity index (χ1) is 6.95. The average molecular weight is 237 g/mol. The molecule has 0 aliphatic rings. The third-order valence-corrected chi connectivity index (χ3v) is 3.10. The molecule has 92 valence electrons. The molecule has 4 nitrogen and oxygen atoms in total. The van der Waals surface area contributed by atoms with Gasteiger partial charge >= 0.3 is 0 Å². The molecular weight excluding hydrogens is 214 g/mol. The maximum atomic E-state index is 10.8. The molecule has 0 aromatic carbocycles. The molecule has 2 N–H and O–H groups in total. The van der Waals surface area contributed by atoms with Gasteiger partial charge in [-0.25, -0.2) is 8.42 Å². The highest BCUT2D eigenvalue weighted by Gasteiger charge is 2.06. The van der Waals surface area contributed by atoms with Crippen molar-refractivity contribution in [2.24, 2.45) is 5.73 Å². The predicted molar refractivity (Wildman–Crippen MR) is 62.6 cm³/mol. The fourth-order valence-corrected chi connectivity index (χ4v) is 1.92. The van der Waals surface area contributed by atoms with Crippen molar-refractivity contribution in [3.63, 3.8) is 0 Å². The molecule has 1 unspecified atom stereocenters. The molecule has 0 amide bonds. The summed E-state index contributed by atoms with van der Waals surface area (Å²) in [5.41, 5.74) is 5.81. The largest absolute Gasteiger partial charge is 0.381 e. The molecule has 0 aromatic rings. The zero-order valence-corrected chi connectivity index (χ0v) is 10.6. The molecular formula is C10H23NO3S. The first-order valence-electron chi connectivity index (χ1n) is 5.46. The van der Waals surface area contributed by atoms with Crippen LogP contribution in [0.25, 0.3) is 0 Å². The SMILES string of the molecule is CCCOCCC(N)CCCS(C)(=O)=O. The van der Waals surface area contributed by atoms with Gasteiger partial charge in [-0.1, -0.05) is 6.92 Å². The first kappa shape index (κ1) is 14.9. The number of rotatable bonds is 9. The Balaban J connectivity index is 3.37. The maximum absolute atomic E-state index is 10.8. The molecule has 0 fully saturated rings. The van der Waals surface area contributed by atoms with E-state index in [4.69, 9.17) is 10.5 Å². The van der Waals surface area contributed by atoms with E-state index in [0.717, 1.165) is 25.9 Å². The van der Waals surface area contributed by atoms with Crippen molar-refractivity contribution >= 4 is 9.84 Å². The highest BCUT2D eigenvalue weighted by molar-refractivity contribution is 7.90. The number of sulfone groups is 1. The third-order valence-electron chi connectivity index (χ3n) is 2.07. The summed E-state index contributed by atoms with van der Waals surface area (Å²) < 4.78 is 27.0. The Bertz CT molecular complexity index is 239. The van der Waals surface area contributed by atoms with E-state index in [2.05, 4.69) is 6.92 Å². The van der Waals surface area contributed by atoms with Crippen LogP contribution in [0, 0.1) is 0 Å². The number of hydrogen-bond donors (Lipinski definition) is 1. The van der Waals surface area contributed by atoms with Gasteiger partial charge in [0.15, 0.2) is 0 Å². The Morgan fingerprint density at radius 2 is 1.93 bits per heavy atom. The Morgan fingerprint density at radius 1 is 1.27 bits per heavy atom. The van der Waals surface area contributed by atoms with E-state index in [1.54, 1.807) is 0 Å². The molecule has 0 rings (SSSR count). The number of ether oxygens (including phenoxy) is 1. The van der Waals surface area contributed by atoms with Gasteiger partial charge in [0.1, 0.15) is 9.84 Å². The van der Waals surface area contributed by atoms with Crippen LogP contribution in [0.2, 0.25) is 0 Å².